The zero-order chi connectivity index (χ0) is 23.7. The molecule has 7 nitrogen and oxygen atoms in total. The molecule has 0 saturated heterocycles. The Morgan fingerprint density at radius 2 is 1.88 bits per heavy atom. The number of nitrogens with zero attached hydrogens (tertiary/aromatic N) is 3. The van der Waals surface area contributed by atoms with Crippen LogP contribution in [-0.4, -0.2) is 31.7 Å². The molecule has 3 aromatic heterocycles. The van der Waals surface area contributed by atoms with Crippen molar-refractivity contribution in [1.29, 1.82) is 0 Å². The molecule has 1 aromatic carbocycles. The van der Waals surface area contributed by atoms with Crippen LogP contribution in [0.25, 0.3) is 10.9 Å². The molecule has 0 aliphatic rings. The van der Waals surface area contributed by atoms with Crippen molar-refractivity contribution in [2.24, 2.45) is 0 Å². The molecule has 33 heavy (non-hydrogen) atoms. The van der Waals surface area contributed by atoms with Gasteiger partial charge in [0.1, 0.15) is 5.82 Å². The first-order valence-corrected chi connectivity index (χ1v) is 12.0. The average molecular weight is 462 g/mol. The van der Waals surface area contributed by atoms with E-state index in [1.807, 2.05) is 69.8 Å². The van der Waals surface area contributed by atoms with E-state index >= 15 is 0 Å². The SMILES string of the molecule is CSc1cc(C)[nH]c(=O)c1CNC(=O)c1c(C)n(C(C)c2cnc(C)nc2)c2ccccc12. The first-order valence-electron chi connectivity index (χ1n) is 10.7. The highest BCUT2D eigenvalue weighted by atomic mass is 32.2. The molecule has 0 fully saturated rings. The zero-order valence-electron chi connectivity index (χ0n) is 19.4. The minimum absolute atomic E-state index is 0.0555. The Kier molecular flexibility index (Phi) is 6.37. The Bertz CT molecular complexity index is 1390. The van der Waals surface area contributed by atoms with Crippen LogP contribution in [0.15, 0.2) is 52.4 Å². The van der Waals surface area contributed by atoms with Crippen molar-refractivity contribution in [2.75, 3.05) is 6.26 Å². The molecular weight excluding hydrogens is 434 g/mol. The van der Waals surface area contributed by atoms with E-state index < -0.39 is 0 Å². The number of amides is 1. The van der Waals surface area contributed by atoms with Crippen molar-refractivity contribution >= 4 is 28.6 Å². The molecule has 0 spiro atoms. The van der Waals surface area contributed by atoms with Gasteiger partial charge in [-0.25, -0.2) is 9.97 Å². The average Bonchev–Trinajstić information content (AvgIpc) is 3.09. The fraction of sp³-hybridized carbons (Fsp3) is 0.280. The number of benzene rings is 1. The Labute approximate surface area is 196 Å². The Hall–Kier alpha value is -3.39. The van der Waals surface area contributed by atoms with Crippen LogP contribution in [0.2, 0.25) is 0 Å². The van der Waals surface area contributed by atoms with Gasteiger partial charge in [-0.05, 0) is 46.1 Å². The summed E-state index contributed by atoms with van der Waals surface area (Å²) in [6.07, 6.45) is 5.58. The third kappa shape index (κ3) is 4.30. The Morgan fingerprint density at radius 1 is 1.18 bits per heavy atom. The predicted octanol–water partition coefficient (Wildman–Crippen LogP) is 4.31. The molecule has 0 aliphatic carbocycles. The third-order valence-corrected chi connectivity index (χ3v) is 6.73. The van der Waals surface area contributed by atoms with Gasteiger partial charge in [0.05, 0.1) is 11.6 Å². The maximum atomic E-state index is 13.4. The molecule has 1 atom stereocenters. The van der Waals surface area contributed by atoms with Gasteiger partial charge >= 0.3 is 0 Å². The number of hydrogen-bond acceptors (Lipinski definition) is 5. The Morgan fingerprint density at radius 3 is 2.58 bits per heavy atom. The number of carbonyl (C=O) groups excluding carboxylic acids is 1. The largest absolute Gasteiger partial charge is 0.348 e. The molecular formula is C25H27N5O2S. The number of thioether (sulfide) groups is 1. The van der Waals surface area contributed by atoms with E-state index in [0.29, 0.717) is 11.1 Å². The summed E-state index contributed by atoms with van der Waals surface area (Å²) in [5.74, 6) is 0.512. The standard InChI is InChI=1S/C25H27N5O2S/c1-14-10-22(33-5)20(24(31)29-14)13-28-25(32)23-16(3)30(21-9-7-6-8-19(21)23)15(2)18-11-26-17(4)27-12-18/h6-12,15H,13H2,1-5H3,(H,28,32)(H,29,31). The van der Waals surface area contributed by atoms with Crippen LogP contribution in [-0.2, 0) is 6.54 Å². The van der Waals surface area contributed by atoms with E-state index in [1.54, 1.807) is 0 Å². The van der Waals surface area contributed by atoms with Crippen molar-refractivity contribution in [3.63, 3.8) is 0 Å². The number of aromatic amines is 1. The summed E-state index contributed by atoms with van der Waals surface area (Å²) in [6, 6.07) is 9.74. The van der Waals surface area contributed by atoms with Crippen molar-refractivity contribution in [2.45, 2.75) is 45.2 Å². The van der Waals surface area contributed by atoms with Gasteiger partial charge in [0.25, 0.3) is 11.5 Å². The maximum absolute atomic E-state index is 13.4. The lowest BCUT2D eigenvalue weighted by molar-refractivity contribution is 0.0951. The van der Waals surface area contributed by atoms with Crippen LogP contribution in [0, 0.1) is 20.8 Å². The monoisotopic (exact) mass is 461 g/mol. The summed E-state index contributed by atoms with van der Waals surface area (Å²) >= 11 is 1.50. The number of fused-ring (bicyclic) bond motifs is 1. The normalized spacial score (nSPS) is 12.2. The van der Waals surface area contributed by atoms with Crippen LogP contribution in [0.3, 0.4) is 0 Å². The van der Waals surface area contributed by atoms with Crippen LogP contribution < -0.4 is 10.9 Å². The van der Waals surface area contributed by atoms with Gasteiger partial charge in [-0.2, -0.15) is 0 Å². The lowest BCUT2D eigenvalue weighted by atomic mass is 10.1. The van der Waals surface area contributed by atoms with Crippen LogP contribution in [0.4, 0.5) is 0 Å². The van der Waals surface area contributed by atoms with Gasteiger partial charge < -0.3 is 14.9 Å². The van der Waals surface area contributed by atoms with Gasteiger partial charge in [0, 0.05) is 57.3 Å². The second kappa shape index (κ2) is 9.23. The lowest BCUT2D eigenvalue weighted by Crippen LogP contribution is -2.28. The van der Waals surface area contributed by atoms with Gasteiger partial charge in [-0.3, -0.25) is 9.59 Å². The quantitative estimate of drug-likeness (QED) is 0.418. The first kappa shape index (κ1) is 22.8. The van der Waals surface area contributed by atoms with Crippen molar-refractivity contribution < 1.29 is 4.79 Å². The molecule has 0 bridgehead atoms. The van der Waals surface area contributed by atoms with Gasteiger partial charge in [-0.1, -0.05) is 18.2 Å². The molecule has 1 unspecified atom stereocenters. The molecule has 4 rings (SSSR count). The fourth-order valence-electron chi connectivity index (χ4n) is 4.24. The topological polar surface area (TPSA) is 92.7 Å². The predicted molar refractivity (Wildman–Crippen MR) is 132 cm³/mol. The second-order valence-electron chi connectivity index (χ2n) is 8.10. The minimum atomic E-state index is -0.207. The van der Waals surface area contributed by atoms with Crippen LogP contribution >= 0.6 is 11.8 Å². The van der Waals surface area contributed by atoms with E-state index in [0.717, 1.165) is 38.6 Å². The number of para-hydroxylation sites is 1. The van der Waals surface area contributed by atoms with Crippen molar-refractivity contribution in [3.05, 3.63) is 87.0 Å². The zero-order valence-corrected chi connectivity index (χ0v) is 20.2. The smallest absolute Gasteiger partial charge is 0.254 e. The number of rotatable bonds is 6. The number of aryl methyl sites for hydroxylation is 2. The molecule has 8 heteroatoms. The lowest BCUT2D eigenvalue weighted by Gasteiger charge is -2.18. The van der Waals surface area contributed by atoms with Crippen LogP contribution in [0.5, 0.6) is 0 Å². The molecule has 0 saturated carbocycles. The van der Waals surface area contributed by atoms with Crippen LogP contribution in [0.1, 0.15) is 51.7 Å². The van der Waals surface area contributed by atoms with Gasteiger partial charge in [0.2, 0.25) is 0 Å². The van der Waals surface area contributed by atoms with E-state index in [-0.39, 0.29) is 24.1 Å². The molecule has 3 heterocycles. The van der Waals surface area contributed by atoms with E-state index in [1.165, 1.54) is 11.8 Å². The summed E-state index contributed by atoms with van der Waals surface area (Å²) in [7, 11) is 0. The van der Waals surface area contributed by atoms with Crippen molar-refractivity contribution in [3.8, 4) is 0 Å². The number of aromatic nitrogens is 4. The number of carbonyl (C=O) groups is 1. The highest BCUT2D eigenvalue weighted by Crippen LogP contribution is 2.31. The molecule has 2 N–H and O–H groups in total. The minimum Gasteiger partial charge on any atom is -0.348 e. The van der Waals surface area contributed by atoms with E-state index in [4.69, 9.17) is 0 Å². The molecule has 0 radical (unpaired) electrons. The highest BCUT2D eigenvalue weighted by molar-refractivity contribution is 7.98. The number of H-pyrrole nitrogens is 1. The number of pyridine rings is 1. The van der Waals surface area contributed by atoms with Gasteiger partial charge in [-0.15, -0.1) is 11.8 Å². The van der Waals surface area contributed by atoms with E-state index in [2.05, 4.69) is 31.8 Å². The molecule has 4 aromatic rings. The fourth-order valence-corrected chi connectivity index (χ4v) is 4.94. The maximum Gasteiger partial charge on any atom is 0.254 e. The summed E-state index contributed by atoms with van der Waals surface area (Å²) in [5, 5.41) is 3.84. The summed E-state index contributed by atoms with van der Waals surface area (Å²) in [6.45, 7) is 7.89. The third-order valence-electron chi connectivity index (χ3n) is 5.93. The second-order valence-corrected chi connectivity index (χ2v) is 8.95. The summed E-state index contributed by atoms with van der Waals surface area (Å²) < 4.78 is 2.14. The van der Waals surface area contributed by atoms with E-state index in [9.17, 15) is 9.59 Å². The molecule has 1 amide bonds. The number of hydrogen-bond donors (Lipinski definition) is 2. The summed E-state index contributed by atoms with van der Waals surface area (Å²) in [4.78, 5) is 38.2. The Balaban J connectivity index is 1.72. The van der Waals surface area contributed by atoms with Crippen molar-refractivity contribution in [1.82, 2.24) is 24.8 Å². The number of nitrogens with one attached hydrogen (secondary N) is 2. The highest BCUT2D eigenvalue weighted by Gasteiger charge is 2.23. The van der Waals surface area contributed by atoms with Gasteiger partial charge in [0.15, 0.2) is 0 Å². The summed E-state index contributed by atoms with van der Waals surface area (Å²) in [5.41, 5.74) is 4.58. The molecule has 0 aliphatic heterocycles. The first-order chi connectivity index (χ1) is 15.8. The molecule has 170 valence electrons.